The Morgan fingerprint density at radius 3 is 2.72 bits per heavy atom. The van der Waals surface area contributed by atoms with Crippen LogP contribution in [0.3, 0.4) is 0 Å². The number of benzene rings is 1. The molecule has 3 aromatic heterocycles. The van der Waals surface area contributed by atoms with Crippen LogP contribution in [0, 0.1) is 6.92 Å². The van der Waals surface area contributed by atoms with Crippen molar-refractivity contribution >= 4 is 22.2 Å². The van der Waals surface area contributed by atoms with Crippen molar-refractivity contribution in [2.75, 3.05) is 20.8 Å². The lowest BCUT2D eigenvalue weighted by Crippen LogP contribution is -2.28. The van der Waals surface area contributed by atoms with Crippen LogP contribution in [0.5, 0.6) is 0 Å². The topological polar surface area (TPSA) is 38.2 Å². The van der Waals surface area contributed by atoms with Gasteiger partial charge in [0.05, 0.1) is 34.4 Å². The number of nitrogens with zero attached hydrogens (tertiary/aromatic N) is 3. The van der Waals surface area contributed by atoms with Crippen molar-refractivity contribution in [3.05, 3.63) is 83.0 Å². The molecule has 0 fully saturated rings. The number of fused-ring (bicyclic) bond motifs is 1. The zero-order valence-electron chi connectivity index (χ0n) is 17.0. The monoisotopic (exact) mass is 403 g/mol. The van der Waals surface area contributed by atoms with E-state index in [4.69, 9.17) is 9.72 Å². The van der Waals surface area contributed by atoms with E-state index in [0.29, 0.717) is 6.61 Å². The van der Waals surface area contributed by atoms with Gasteiger partial charge in [0.1, 0.15) is 0 Å². The van der Waals surface area contributed by atoms with Crippen LogP contribution in [0.2, 0.25) is 0 Å². The number of hydrogen-bond donors (Lipinski definition) is 0. The van der Waals surface area contributed by atoms with Crippen molar-refractivity contribution in [1.82, 2.24) is 14.9 Å². The average Bonchev–Trinajstić information content (AvgIpc) is 3.27. The predicted octanol–water partition coefficient (Wildman–Crippen LogP) is 5.49. The van der Waals surface area contributed by atoms with Crippen LogP contribution in [0.15, 0.2) is 66.2 Å². The molecular weight excluding hydrogens is 378 g/mol. The Labute approximate surface area is 175 Å². The minimum Gasteiger partial charge on any atom is -0.383 e. The molecule has 1 atom stereocenters. The van der Waals surface area contributed by atoms with E-state index in [-0.39, 0.29) is 6.04 Å². The number of para-hydroxylation sites is 1. The second-order valence-corrected chi connectivity index (χ2v) is 8.21. The van der Waals surface area contributed by atoms with Crippen LogP contribution in [0.25, 0.3) is 21.5 Å². The molecule has 0 saturated heterocycles. The van der Waals surface area contributed by atoms with E-state index in [1.54, 1.807) is 18.4 Å². The van der Waals surface area contributed by atoms with Gasteiger partial charge in [-0.1, -0.05) is 30.3 Å². The summed E-state index contributed by atoms with van der Waals surface area (Å²) >= 11 is 1.73. The third-order valence-corrected chi connectivity index (χ3v) is 6.06. The summed E-state index contributed by atoms with van der Waals surface area (Å²) in [6.07, 6.45) is 1.84. The molecule has 3 heterocycles. The minimum absolute atomic E-state index is 0.0746. The first-order valence-electron chi connectivity index (χ1n) is 9.70. The van der Waals surface area contributed by atoms with Crippen molar-refractivity contribution in [2.24, 2.45) is 0 Å². The van der Waals surface area contributed by atoms with E-state index >= 15 is 0 Å². The summed E-state index contributed by atoms with van der Waals surface area (Å²) in [6, 6.07) is 19.0. The highest BCUT2D eigenvalue weighted by molar-refractivity contribution is 7.13. The number of ether oxygens (including phenoxy) is 1. The van der Waals surface area contributed by atoms with E-state index in [2.05, 4.69) is 71.7 Å². The highest BCUT2D eigenvalue weighted by atomic mass is 32.1. The molecule has 1 aromatic carbocycles. The summed E-state index contributed by atoms with van der Waals surface area (Å²) in [5, 5.41) is 3.28. The van der Waals surface area contributed by atoms with Gasteiger partial charge < -0.3 is 4.74 Å². The minimum atomic E-state index is 0.0746. The van der Waals surface area contributed by atoms with Crippen LogP contribution in [0.4, 0.5) is 0 Å². The summed E-state index contributed by atoms with van der Waals surface area (Å²) < 4.78 is 5.51. The SMILES string of the molecule is COCC(c1ccccn1)N(C)Cc1cc2cccc(C)c2nc1-c1cccs1. The quantitative estimate of drug-likeness (QED) is 0.409. The molecule has 0 radical (unpaired) electrons. The first-order chi connectivity index (χ1) is 14.2. The maximum absolute atomic E-state index is 5.51. The molecule has 0 bridgehead atoms. The van der Waals surface area contributed by atoms with Crippen LogP contribution in [-0.4, -0.2) is 35.6 Å². The fourth-order valence-electron chi connectivity index (χ4n) is 3.69. The maximum atomic E-state index is 5.51. The number of aromatic nitrogens is 2. The lowest BCUT2D eigenvalue weighted by atomic mass is 10.0. The molecular formula is C24H25N3OS. The highest BCUT2D eigenvalue weighted by Gasteiger charge is 2.21. The van der Waals surface area contributed by atoms with Crippen molar-refractivity contribution in [1.29, 1.82) is 0 Å². The third-order valence-electron chi connectivity index (χ3n) is 5.19. The first-order valence-corrected chi connectivity index (χ1v) is 10.6. The smallest absolute Gasteiger partial charge is 0.0854 e. The summed E-state index contributed by atoms with van der Waals surface area (Å²) in [7, 11) is 3.86. The lowest BCUT2D eigenvalue weighted by molar-refractivity contribution is 0.100. The predicted molar refractivity (Wildman–Crippen MR) is 120 cm³/mol. The molecule has 4 nitrogen and oxygen atoms in total. The van der Waals surface area contributed by atoms with Gasteiger partial charge in [-0.15, -0.1) is 11.3 Å². The first kappa shape index (κ1) is 19.7. The Kier molecular flexibility index (Phi) is 6.00. The molecule has 0 amide bonds. The molecule has 0 aliphatic carbocycles. The van der Waals surface area contributed by atoms with E-state index in [0.717, 1.165) is 23.4 Å². The van der Waals surface area contributed by atoms with Crippen LogP contribution >= 0.6 is 11.3 Å². The Morgan fingerprint density at radius 1 is 1.10 bits per heavy atom. The second kappa shape index (κ2) is 8.82. The molecule has 5 heteroatoms. The Bertz CT molecular complexity index is 1080. The highest BCUT2D eigenvalue weighted by Crippen LogP contribution is 2.32. The summed E-state index contributed by atoms with van der Waals surface area (Å²) in [6.45, 7) is 3.46. The molecule has 0 aliphatic heterocycles. The standard InChI is InChI=1S/C24H25N3OS/c1-17-8-6-9-18-14-19(24(26-23(17)18)22-11-7-13-29-22)15-27(2)21(16-28-3)20-10-4-5-12-25-20/h4-14,21H,15-16H2,1-3H3. The van der Waals surface area contributed by atoms with Crippen LogP contribution in [-0.2, 0) is 11.3 Å². The molecule has 148 valence electrons. The average molecular weight is 404 g/mol. The van der Waals surface area contributed by atoms with Crippen LogP contribution in [0.1, 0.15) is 22.9 Å². The fraction of sp³-hybridized carbons (Fsp3) is 0.250. The maximum Gasteiger partial charge on any atom is 0.0854 e. The molecule has 29 heavy (non-hydrogen) atoms. The van der Waals surface area contributed by atoms with E-state index < -0.39 is 0 Å². The molecule has 4 rings (SSSR count). The number of thiophene rings is 1. The largest absolute Gasteiger partial charge is 0.383 e. The van der Waals surface area contributed by atoms with Crippen molar-refractivity contribution in [2.45, 2.75) is 19.5 Å². The van der Waals surface area contributed by atoms with Crippen LogP contribution < -0.4 is 0 Å². The molecule has 4 aromatic rings. The normalized spacial score (nSPS) is 12.6. The molecule has 0 saturated carbocycles. The number of pyridine rings is 2. The zero-order valence-corrected chi connectivity index (χ0v) is 17.8. The van der Waals surface area contributed by atoms with Gasteiger partial charge in [0.2, 0.25) is 0 Å². The third kappa shape index (κ3) is 4.22. The Morgan fingerprint density at radius 2 is 2.00 bits per heavy atom. The van der Waals surface area contributed by atoms with E-state index in [1.807, 2.05) is 18.3 Å². The van der Waals surface area contributed by atoms with Gasteiger partial charge in [-0.25, -0.2) is 4.98 Å². The fourth-order valence-corrected chi connectivity index (χ4v) is 4.44. The van der Waals surface area contributed by atoms with E-state index in [9.17, 15) is 0 Å². The van der Waals surface area contributed by atoms with Crippen molar-refractivity contribution < 1.29 is 4.74 Å². The molecule has 0 N–H and O–H groups in total. The molecule has 0 aliphatic rings. The van der Waals surface area contributed by atoms with Gasteiger partial charge >= 0.3 is 0 Å². The van der Waals surface area contributed by atoms with Gasteiger partial charge in [0.25, 0.3) is 0 Å². The summed E-state index contributed by atoms with van der Waals surface area (Å²) in [4.78, 5) is 13.1. The molecule has 1 unspecified atom stereocenters. The van der Waals surface area contributed by atoms with Gasteiger partial charge in [-0.05, 0) is 54.7 Å². The number of hydrogen-bond acceptors (Lipinski definition) is 5. The van der Waals surface area contributed by atoms with Crippen molar-refractivity contribution in [3.63, 3.8) is 0 Å². The summed E-state index contributed by atoms with van der Waals surface area (Å²) in [5.41, 5.74) is 5.56. The zero-order chi connectivity index (χ0) is 20.2. The number of methoxy groups -OCH3 is 1. The number of rotatable bonds is 7. The van der Waals surface area contributed by atoms with Gasteiger partial charge in [0, 0.05) is 25.2 Å². The number of likely N-dealkylation sites (N-methyl/N-ethyl adjacent to an activating group) is 1. The van der Waals surface area contributed by atoms with Gasteiger partial charge in [-0.3, -0.25) is 9.88 Å². The molecule has 0 spiro atoms. The number of aryl methyl sites for hydroxylation is 1. The van der Waals surface area contributed by atoms with Crippen molar-refractivity contribution in [3.8, 4) is 10.6 Å². The van der Waals surface area contributed by atoms with Gasteiger partial charge in [0.15, 0.2) is 0 Å². The van der Waals surface area contributed by atoms with Gasteiger partial charge in [-0.2, -0.15) is 0 Å². The second-order valence-electron chi connectivity index (χ2n) is 7.26. The van der Waals surface area contributed by atoms with E-state index in [1.165, 1.54) is 21.4 Å². The Hall–Kier alpha value is -2.60. The lowest BCUT2D eigenvalue weighted by Gasteiger charge is -2.28. The summed E-state index contributed by atoms with van der Waals surface area (Å²) in [5.74, 6) is 0. The Balaban J connectivity index is 1.75.